The Balaban J connectivity index is 2.10. The number of hydrogen-bond acceptors (Lipinski definition) is 3. The van der Waals surface area contributed by atoms with Gasteiger partial charge in [0.05, 0.1) is 0 Å². The molecule has 2 aromatic rings. The van der Waals surface area contributed by atoms with Crippen LogP contribution in [0.1, 0.15) is 32.8 Å². The van der Waals surface area contributed by atoms with E-state index in [2.05, 4.69) is 10.3 Å². The first kappa shape index (κ1) is 16.9. The number of ether oxygens (including phenoxy) is 1. The van der Waals surface area contributed by atoms with Crippen LogP contribution in [0.25, 0.3) is 10.9 Å². The number of rotatable bonds is 6. The number of benzene rings is 1. The summed E-state index contributed by atoms with van der Waals surface area (Å²) < 4.78 is 5.25. The van der Waals surface area contributed by atoms with Gasteiger partial charge in [-0.15, -0.1) is 0 Å². The van der Waals surface area contributed by atoms with Gasteiger partial charge in [-0.2, -0.15) is 0 Å². The van der Waals surface area contributed by atoms with E-state index in [0.29, 0.717) is 6.42 Å². The van der Waals surface area contributed by atoms with Gasteiger partial charge in [-0.1, -0.05) is 25.1 Å². The largest absolute Gasteiger partial charge is 0.480 e. The second kappa shape index (κ2) is 6.73. The lowest BCUT2D eigenvalue weighted by Gasteiger charge is -2.24. The van der Waals surface area contributed by atoms with Crippen LogP contribution in [0, 0.1) is 0 Å². The summed E-state index contributed by atoms with van der Waals surface area (Å²) >= 11 is 0. The minimum Gasteiger partial charge on any atom is -0.480 e. The number of para-hydroxylation sites is 1. The molecule has 0 radical (unpaired) electrons. The zero-order valence-corrected chi connectivity index (χ0v) is 13.6. The van der Waals surface area contributed by atoms with Gasteiger partial charge < -0.3 is 20.1 Å². The molecular weight excluding hydrogens is 296 g/mol. The molecule has 0 aliphatic heterocycles. The number of aromatic nitrogens is 1. The third-order valence-electron chi connectivity index (χ3n) is 3.91. The fraction of sp³-hybridized carbons (Fsp3) is 0.412. The number of nitrogens with one attached hydrogen (secondary N) is 2. The third kappa shape index (κ3) is 4.25. The number of carboxylic acid groups (broad SMARTS) is 1. The van der Waals surface area contributed by atoms with Crippen LogP contribution in [0.5, 0.6) is 0 Å². The lowest BCUT2D eigenvalue weighted by atomic mass is 10.1. The molecule has 2 rings (SSSR count). The smallest absolute Gasteiger partial charge is 0.408 e. The van der Waals surface area contributed by atoms with Gasteiger partial charge >= 0.3 is 12.1 Å². The van der Waals surface area contributed by atoms with Gasteiger partial charge in [0.25, 0.3) is 0 Å². The molecule has 6 heteroatoms. The van der Waals surface area contributed by atoms with Gasteiger partial charge in [-0.05, 0) is 31.9 Å². The zero-order chi connectivity index (χ0) is 17.0. The van der Waals surface area contributed by atoms with Crippen LogP contribution in [0.2, 0.25) is 0 Å². The van der Waals surface area contributed by atoms with Gasteiger partial charge in [0.1, 0.15) is 11.6 Å². The lowest BCUT2D eigenvalue weighted by molar-refractivity contribution is -0.139. The van der Waals surface area contributed by atoms with E-state index in [0.717, 1.165) is 16.5 Å². The number of carbonyl (C=O) groups excluding carboxylic acids is 1. The Kier molecular flexibility index (Phi) is 4.93. The molecule has 0 aliphatic carbocycles. The van der Waals surface area contributed by atoms with Gasteiger partial charge in [0.2, 0.25) is 0 Å². The van der Waals surface area contributed by atoms with E-state index >= 15 is 0 Å². The molecule has 0 saturated heterocycles. The number of hydrogen-bond donors (Lipinski definition) is 3. The molecule has 23 heavy (non-hydrogen) atoms. The second-order valence-electron chi connectivity index (χ2n) is 6.10. The minimum atomic E-state index is -1.10. The molecule has 3 N–H and O–H groups in total. The average Bonchev–Trinajstić information content (AvgIpc) is 2.89. The van der Waals surface area contributed by atoms with Gasteiger partial charge in [-0.25, -0.2) is 9.59 Å². The van der Waals surface area contributed by atoms with Crippen molar-refractivity contribution >= 4 is 23.0 Å². The number of aromatic amines is 1. The minimum absolute atomic E-state index is 0.182. The van der Waals surface area contributed by atoms with Crippen LogP contribution in [0.3, 0.4) is 0 Å². The first-order valence-electron chi connectivity index (χ1n) is 7.59. The van der Waals surface area contributed by atoms with E-state index in [1.807, 2.05) is 31.2 Å². The van der Waals surface area contributed by atoms with Crippen LogP contribution in [0.4, 0.5) is 4.79 Å². The molecule has 124 valence electrons. The summed E-state index contributed by atoms with van der Waals surface area (Å²) in [5.41, 5.74) is 1.14. The van der Waals surface area contributed by atoms with Crippen LogP contribution < -0.4 is 5.32 Å². The number of alkyl carbamates (subject to hydrolysis) is 1. The highest BCUT2D eigenvalue weighted by Crippen LogP contribution is 2.19. The summed E-state index contributed by atoms with van der Waals surface area (Å²) in [6.07, 6.45) is 1.87. The molecule has 0 aliphatic rings. The van der Waals surface area contributed by atoms with Crippen molar-refractivity contribution in [3.05, 3.63) is 36.0 Å². The monoisotopic (exact) mass is 318 g/mol. The SMILES string of the molecule is CCC(C)(C)OC(=O)N[C@@H](Cc1c[nH]c2ccccc12)C(=O)O. The molecular formula is C17H22N2O4. The van der Waals surface area contributed by atoms with Crippen molar-refractivity contribution in [1.29, 1.82) is 0 Å². The van der Waals surface area contributed by atoms with E-state index in [9.17, 15) is 14.7 Å². The van der Waals surface area contributed by atoms with Gasteiger partial charge in [0.15, 0.2) is 0 Å². The van der Waals surface area contributed by atoms with Crippen LogP contribution in [0.15, 0.2) is 30.5 Å². The number of fused-ring (bicyclic) bond motifs is 1. The number of aliphatic carboxylic acids is 1. The quantitative estimate of drug-likeness (QED) is 0.763. The summed E-state index contributed by atoms with van der Waals surface area (Å²) in [5, 5.41) is 12.8. The normalized spacial score (nSPS) is 12.8. The highest BCUT2D eigenvalue weighted by atomic mass is 16.6. The first-order chi connectivity index (χ1) is 10.8. The maximum Gasteiger partial charge on any atom is 0.408 e. The molecule has 1 aromatic carbocycles. The first-order valence-corrected chi connectivity index (χ1v) is 7.59. The summed E-state index contributed by atoms with van der Waals surface area (Å²) in [4.78, 5) is 26.5. The Morgan fingerprint density at radius 1 is 1.35 bits per heavy atom. The molecule has 1 amide bonds. The van der Waals surface area contributed by atoms with E-state index in [1.54, 1.807) is 20.0 Å². The van der Waals surface area contributed by atoms with Crippen molar-refractivity contribution in [2.24, 2.45) is 0 Å². The predicted octanol–water partition coefficient (Wildman–Crippen LogP) is 3.08. The molecule has 1 heterocycles. The Morgan fingerprint density at radius 3 is 2.70 bits per heavy atom. The van der Waals surface area contributed by atoms with E-state index in [4.69, 9.17) is 4.74 Å². The number of amides is 1. The topological polar surface area (TPSA) is 91.4 Å². The predicted molar refractivity (Wildman–Crippen MR) is 87.4 cm³/mol. The molecule has 1 atom stereocenters. The standard InChI is InChI=1S/C17H22N2O4/c1-4-17(2,3)23-16(22)19-14(15(20)21)9-11-10-18-13-8-6-5-7-12(11)13/h5-8,10,14,18H,4,9H2,1-3H3,(H,19,22)(H,20,21)/t14-/m0/s1. The van der Waals surface area contributed by atoms with Gasteiger partial charge in [0, 0.05) is 23.5 Å². The Bertz CT molecular complexity index is 705. The zero-order valence-electron chi connectivity index (χ0n) is 13.6. The average molecular weight is 318 g/mol. The van der Waals surface area contributed by atoms with E-state index in [1.165, 1.54) is 0 Å². The maximum absolute atomic E-state index is 11.9. The highest BCUT2D eigenvalue weighted by Gasteiger charge is 2.26. The fourth-order valence-corrected chi connectivity index (χ4v) is 2.22. The van der Waals surface area contributed by atoms with Crippen molar-refractivity contribution < 1.29 is 19.4 Å². The molecule has 6 nitrogen and oxygen atoms in total. The van der Waals surface area contributed by atoms with Crippen molar-refractivity contribution in [1.82, 2.24) is 10.3 Å². The summed E-state index contributed by atoms with van der Waals surface area (Å²) in [6, 6.07) is 6.58. The van der Waals surface area contributed by atoms with Crippen molar-refractivity contribution in [3.63, 3.8) is 0 Å². The number of H-pyrrole nitrogens is 1. The van der Waals surface area contributed by atoms with Crippen molar-refractivity contribution in [2.75, 3.05) is 0 Å². The Morgan fingerprint density at radius 2 is 2.04 bits per heavy atom. The summed E-state index contributed by atoms with van der Waals surface area (Å²) in [7, 11) is 0. The summed E-state index contributed by atoms with van der Waals surface area (Å²) in [6.45, 7) is 5.46. The van der Waals surface area contributed by atoms with E-state index < -0.39 is 23.7 Å². The molecule has 0 spiro atoms. The van der Waals surface area contributed by atoms with E-state index in [-0.39, 0.29) is 6.42 Å². The van der Waals surface area contributed by atoms with Crippen molar-refractivity contribution in [2.45, 2.75) is 45.3 Å². The van der Waals surface area contributed by atoms with Crippen LogP contribution in [-0.4, -0.2) is 33.8 Å². The Labute approximate surface area is 134 Å². The third-order valence-corrected chi connectivity index (χ3v) is 3.91. The fourth-order valence-electron chi connectivity index (χ4n) is 2.22. The second-order valence-corrected chi connectivity index (χ2v) is 6.10. The highest BCUT2D eigenvalue weighted by molar-refractivity contribution is 5.85. The molecule has 0 fully saturated rings. The van der Waals surface area contributed by atoms with Crippen LogP contribution in [-0.2, 0) is 16.0 Å². The maximum atomic E-state index is 11.9. The summed E-state index contributed by atoms with van der Waals surface area (Å²) in [5.74, 6) is -1.10. The molecule has 0 bridgehead atoms. The molecule has 0 unspecified atom stereocenters. The lowest BCUT2D eigenvalue weighted by Crippen LogP contribution is -2.45. The van der Waals surface area contributed by atoms with Crippen LogP contribution >= 0.6 is 0 Å². The Hall–Kier alpha value is -2.50. The number of carbonyl (C=O) groups is 2. The number of carboxylic acids is 1. The molecule has 0 saturated carbocycles. The van der Waals surface area contributed by atoms with Crippen molar-refractivity contribution in [3.8, 4) is 0 Å². The van der Waals surface area contributed by atoms with Gasteiger partial charge in [-0.3, -0.25) is 0 Å². The molecule has 1 aromatic heterocycles.